The van der Waals surface area contributed by atoms with E-state index < -0.39 is 68.8 Å². The SMILES string of the molecule is CCC1CCOCC1.N#Cc1c(N)sc2c(F)ccc(-c3c(C(F)(F)F)c4c5c(nc(OCC67CCCN6CC(=C(F)F)C7)nc5c3F)N(Cc3cccnc3N)CCO4)c12. The van der Waals surface area contributed by atoms with Gasteiger partial charge in [0.15, 0.2) is 5.82 Å². The van der Waals surface area contributed by atoms with Crippen LogP contribution in [0.1, 0.15) is 62.1 Å². The number of alkyl halides is 3. The van der Waals surface area contributed by atoms with Crippen molar-refractivity contribution in [1.29, 1.82) is 5.26 Å². The third-order valence-electron chi connectivity index (χ3n) is 12.0. The monoisotopic (exact) mass is 870 g/mol. The summed E-state index contributed by atoms with van der Waals surface area (Å²) in [5, 5.41) is 9.01. The van der Waals surface area contributed by atoms with E-state index in [1.165, 1.54) is 25.5 Å². The summed E-state index contributed by atoms with van der Waals surface area (Å²) < 4.78 is 123. The van der Waals surface area contributed by atoms with E-state index in [0.717, 1.165) is 37.7 Å². The van der Waals surface area contributed by atoms with Crippen LogP contribution < -0.4 is 25.8 Å². The number of nitrogens with two attached hydrogens (primary N) is 2. The number of halogens is 7. The van der Waals surface area contributed by atoms with Crippen molar-refractivity contribution in [2.45, 2.75) is 63.7 Å². The van der Waals surface area contributed by atoms with E-state index in [9.17, 15) is 14.0 Å². The zero-order valence-corrected chi connectivity index (χ0v) is 33.8. The van der Waals surface area contributed by atoms with Crippen LogP contribution >= 0.6 is 11.3 Å². The third kappa shape index (κ3) is 7.85. The Kier molecular flexibility index (Phi) is 11.6. The van der Waals surface area contributed by atoms with Crippen molar-refractivity contribution >= 4 is 49.0 Å². The Balaban J connectivity index is 0.000000578. The standard InChI is InChI=1S/C35H27F7N8O2S.C7H14O/c36-20-5-4-18(21-19(12-43)31(45)53-28(20)21)22-24(35(40,41)42)27-23-26(25(22)37)47-33(52-15-34-6-2-8-50(34)14-17(11-34)29(38)39)48-32(23)49(9-10-51-27)13-16-3-1-7-46-30(16)44;1-2-7-3-5-8-6-4-7/h1,3-5,7H,2,6,8-11,13-15,45H2,(H2,44,46);7H,2-6H2,1H3. The number of ether oxygens (including phenoxy) is 3. The number of benzene rings is 2. The lowest BCUT2D eigenvalue weighted by Crippen LogP contribution is -2.43. The van der Waals surface area contributed by atoms with Crippen molar-refractivity contribution < 1.29 is 44.9 Å². The molecule has 3 aromatic heterocycles. The maximum atomic E-state index is 17.3. The number of nitrogens with zero attached hydrogens (tertiary/aromatic N) is 6. The number of pyridine rings is 1. The van der Waals surface area contributed by atoms with Crippen LogP contribution in [0.4, 0.5) is 47.4 Å². The molecule has 19 heteroatoms. The molecule has 4 aliphatic rings. The van der Waals surface area contributed by atoms with Gasteiger partial charge in [-0.1, -0.05) is 25.5 Å². The second-order valence-electron chi connectivity index (χ2n) is 15.6. The molecule has 1 unspecified atom stereocenters. The Morgan fingerprint density at radius 1 is 1.08 bits per heavy atom. The summed E-state index contributed by atoms with van der Waals surface area (Å²) >= 11 is 0.644. The molecule has 4 N–H and O–H groups in total. The highest BCUT2D eigenvalue weighted by Gasteiger charge is 2.49. The van der Waals surface area contributed by atoms with Crippen molar-refractivity contribution in [2.24, 2.45) is 5.92 Å². The highest BCUT2D eigenvalue weighted by molar-refractivity contribution is 7.23. The van der Waals surface area contributed by atoms with Gasteiger partial charge in [-0.05, 0) is 62.3 Å². The topological polar surface area (TPSA) is 149 Å². The predicted molar refractivity (Wildman–Crippen MR) is 216 cm³/mol. The molecule has 322 valence electrons. The van der Waals surface area contributed by atoms with Gasteiger partial charge in [0.1, 0.15) is 58.6 Å². The van der Waals surface area contributed by atoms with E-state index in [0.29, 0.717) is 29.9 Å². The number of fused-ring (bicyclic) bond motifs is 2. The molecule has 5 aromatic rings. The number of nitrogen functional groups attached to an aromatic ring is 2. The number of rotatable bonds is 7. The molecule has 11 nitrogen and oxygen atoms in total. The van der Waals surface area contributed by atoms with Crippen molar-refractivity contribution in [1.82, 2.24) is 19.9 Å². The van der Waals surface area contributed by atoms with E-state index in [1.807, 2.05) is 4.90 Å². The van der Waals surface area contributed by atoms with Crippen molar-refractivity contribution in [3.8, 4) is 29.0 Å². The highest BCUT2D eigenvalue weighted by atomic mass is 32.1. The van der Waals surface area contributed by atoms with Gasteiger partial charge in [-0.2, -0.15) is 37.2 Å². The van der Waals surface area contributed by atoms with Crippen LogP contribution in [-0.4, -0.2) is 71.5 Å². The van der Waals surface area contributed by atoms with E-state index in [2.05, 4.69) is 21.9 Å². The van der Waals surface area contributed by atoms with Gasteiger partial charge >= 0.3 is 12.2 Å². The first-order valence-electron chi connectivity index (χ1n) is 19.9. The van der Waals surface area contributed by atoms with E-state index in [4.69, 9.17) is 25.7 Å². The molecule has 7 heterocycles. The Morgan fingerprint density at radius 3 is 2.56 bits per heavy atom. The van der Waals surface area contributed by atoms with Crippen LogP contribution in [0.2, 0.25) is 0 Å². The number of nitriles is 1. The van der Waals surface area contributed by atoms with Crippen LogP contribution in [0.3, 0.4) is 0 Å². The first-order valence-corrected chi connectivity index (χ1v) is 20.7. The molecule has 4 aliphatic heterocycles. The molecular weight excluding hydrogens is 830 g/mol. The summed E-state index contributed by atoms with van der Waals surface area (Å²) in [6, 6.07) is 6.49. The zero-order valence-electron chi connectivity index (χ0n) is 33.0. The van der Waals surface area contributed by atoms with E-state index in [1.54, 1.807) is 23.1 Å². The Morgan fingerprint density at radius 2 is 1.87 bits per heavy atom. The van der Waals surface area contributed by atoms with Gasteiger partial charge in [-0.25, -0.2) is 13.8 Å². The molecule has 2 aromatic carbocycles. The first-order chi connectivity index (χ1) is 29.2. The normalized spacial score (nSPS) is 19.3. The summed E-state index contributed by atoms with van der Waals surface area (Å²) in [5.74, 6) is -2.18. The Labute approximate surface area is 349 Å². The van der Waals surface area contributed by atoms with Gasteiger partial charge in [0.05, 0.1) is 27.7 Å². The largest absolute Gasteiger partial charge is 0.490 e. The second kappa shape index (κ2) is 16.8. The van der Waals surface area contributed by atoms with Crippen molar-refractivity contribution in [2.75, 3.05) is 62.4 Å². The summed E-state index contributed by atoms with van der Waals surface area (Å²) in [6.07, 6.45) is -0.373. The summed E-state index contributed by atoms with van der Waals surface area (Å²) in [5.41, 5.74) is 7.79. The lowest BCUT2D eigenvalue weighted by molar-refractivity contribution is -0.138. The van der Waals surface area contributed by atoms with Crippen LogP contribution in [0.5, 0.6) is 11.8 Å². The van der Waals surface area contributed by atoms with Crippen LogP contribution in [0.25, 0.3) is 32.1 Å². The average molecular weight is 871 g/mol. The minimum absolute atomic E-state index is 0.0203. The van der Waals surface area contributed by atoms with Crippen LogP contribution in [0.15, 0.2) is 42.1 Å². The van der Waals surface area contributed by atoms with Gasteiger partial charge in [0.25, 0.3) is 6.08 Å². The fraction of sp³-hybridized carbons (Fsp3) is 0.429. The molecule has 0 aliphatic carbocycles. The van der Waals surface area contributed by atoms with Gasteiger partial charge < -0.3 is 30.6 Å². The number of hydrogen-bond acceptors (Lipinski definition) is 12. The smallest absolute Gasteiger partial charge is 0.420 e. The highest BCUT2D eigenvalue weighted by Crippen LogP contribution is 2.53. The minimum Gasteiger partial charge on any atom is -0.490 e. The lowest BCUT2D eigenvalue weighted by Gasteiger charge is -2.31. The lowest BCUT2D eigenvalue weighted by atomic mass is 9.91. The molecular formula is C42H41F7N8O3S. The minimum atomic E-state index is -5.26. The first kappa shape index (κ1) is 42.2. The number of anilines is 3. The Bertz CT molecular complexity index is 2570. The van der Waals surface area contributed by atoms with Gasteiger partial charge in [0.2, 0.25) is 0 Å². The number of aromatic nitrogens is 3. The van der Waals surface area contributed by atoms with E-state index in [-0.39, 0.29) is 77.1 Å². The molecule has 0 bridgehead atoms. The van der Waals surface area contributed by atoms with Gasteiger partial charge in [-0.3, -0.25) is 4.90 Å². The fourth-order valence-electron chi connectivity index (χ4n) is 8.86. The fourth-order valence-corrected chi connectivity index (χ4v) is 9.81. The van der Waals surface area contributed by atoms with Crippen molar-refractivity contribution in [3.05, 3.63) is 70.4 Å². The molecule has 0 amide bonds. The molecule has 9 rings (SSSR count). The molecule has 0 spiro atoms. The second-order valence-corrected chi connectivity index (χ2v) is 16.6. The molecule has 1 atom stereocenters. The van der Waals surface area contributed by atoms with Gasteiger partial charge in [0, 0.05) is 54.6 Å². The predicted octanol–water partition coefficient (Wildman–Crippen LogP) is 9.23. The van der Waals surface area contributed by atoms with Gasteiger partial charge in [-0.15, -0.1) is 11.3 Å². The maximum Gasteiger partial charge on any atom is 0.420 e. The van der Waals surface area contributed by atoms with Crippen LogP contribution in [-0.2, 0) is 17.5 Å². The number of thiophene rings is 1. The molecule has 3 saturated heterocycles. The number of hydrogen-bond donors (Lipinski definition) is 2. The average Bonchev–Trinajstić information content (AvgIpc) is 3.88. The molecule has 61 heavy (non-hydrogen) atoms. The molecule has 3 fully saturated rings. The van der Waals surface area contributed by atoms with E-state index >= 15 is 22.0 Å². The third-order valence-corrected chi connectivity index (χ3v) is 13.0. The summed E-state index contributed by atoms with van der Waals surface area (Å²) in [7, 11) is 0. The summed E-state index contributed by atoms with van der Waals surface area (Å²) in [6.45, 7) is 4.29. The summed E-state index contributed by atoms with van der Waals surface area (Å²) in [4.78, 5) is 16.3. The Hall–Kier alpha value is -5.45. The molecule has 0 radical (unpaired) electrons. The quantitative estimate of drug-likeness (QED) is 0.151. The van der Waals surface area contributed by atoms with Crippen molar-refractivity contribution in [3.63, 3.8) is 0 Å². The molecule has 0 saturated carbocycles. The zero-order chi connectivity index (χ0) is 43.2. The van der Waals surface area contributed by atoms with Crippen LogP contribution in [0, 0.1) is 28.9 Å². The maximum absolute atomic E-state index is 17.3.